The average molecular weight is 256 g/mol. The highest BCUT2D eigenvalue weighted by atomic mass is 32.2. The van der Waals surface area contributed by atoms with Crippen LogP contribution in [0.25, 0.3) is 0 Å². The molecule has 0 saturated heterocycles. The molecule has 0 saturated carbocycles. The Bertz CT molecular complexity index is 284. The number of hydrogen-bond donors (Lipinski definition) is 2. The van der Waals surface area contributed by atoms with Gasteiger partial charge in [-0.2, -0.15) is 0 Å². The van der Waals surface area contributed by atoms with E-state index in [-0.39, 0.29) is 22.1 Å². The van der Waals surface area contributed by atoms with Crippen LogP contribution in [0.15, 0.2) is 12.2 Å². The first kappa shape index (κ1) is 14.6. The third kappa shape index (κ3) is 6.13. The van der Waals surface area contributed by atoms with Crippen LogP contribution in [0.3, 0.4) is 0 Å². The largest absolute Gasteiger partial charge is 0.339 e. The minimum atomic E-state index is -0.0560. The van der Waals surface area contributed by atoms with Crippen molar-refractivity contribution in [3.63, 3.8) is 0 Å². The van der Waals surface area contributed by atoms with Gasteiger partial charge in [0.05, 0.1) is 6.04 Å². The molecule has 0 aromatic rings. The lowest BCUT2D eigenvalue weighted by atomic mass is 9.98. The Kier molecular flexibility index (Phi) is 5.53. The first-order valence-electron chi connectivity index (χ1n) is 6.30. The summed E-state index contributed by atoms with van der Waals surface area (Å²) >= 11 is 1.32. The van der Waals surface area contributed by atoms with Gasteiger partial charge in [-0.3, -0.25) is 4.79 Å². The summed E-state index contributed by atoms with van der Waals surface area (Å²) in [7, 11) is 0. The second kappa shape index (κ2) is 6.45. The molecule has 2 atom stereocenters. The Morgan fingerprint density at radius 1 is 1.41 bits per heavy atom. The maximum absolute atomic E-state index is 11.8. The van der Waals surface area contributed by atoms with Crippen LogP contribution in [0.1, 0.15) is 46.5 Å². The summed E-state index contributed by atoms with van der Waals surface area (Å²) in [6.07, 6.45) is 8.59. The number of nitrogens with one attached hydrogen (secondary N) is 1. The fourth-order valence-electron chi connectivity index (χ4n) is 1.81. The van der Waals surface area contributed by atoms with Crippen molar-refractivity contribution in [3.05, 3.63) is 12.2 Å². The molecule has 0 fully saturated rings. The standard InChI is InChI=1S/C13H24N2OS/c1-13(2,3)17-12(16)15-11-9-7-5-4-6-8-10(11)14/h7,9-11H,4-6,8,14H2,1-3H3,(H,15,16)/b9-7+/t10-,11?/m1/s1. The summed E-state index contributed by atoms with van der Waals surface area (Å²) in [5, 5.41) is 3.02. The monoisotopic (exact) mass is 256 g/mol. The molecular weight excluding hydrogens is 232 g/mol. The molecule has 4 heteroatoms. The van der Waals surface area contributed by atoms with Crippen LogP contribution in [0, 0.1) is 0 Å². The maximum Gasteiger partial charge on any atom is 0.280 e. The second-order valence-electron chi connectivity index (χ2n) is 5.55. The van der Waals surface area contributed by atoms with E-state index >= 15 is 0 Å². The zero-order valence-electron chi connectivity index (χ0n) is 11.0. The van der Waals surface area contributed by atoms with Gasteiger partial charge >= 0.3 is 0 Å². The number of carbonyl (C=O) groups excluding carboxylic acids is 1. The van der Waals surface area contributed by atoms with Gasteiger partial charge in [-0.1, -0.05) is 51.1 Å². The van der Waals surface area contributed by atoms with Crippen LogP contribution in [-0.2, 0) is 0 Å². The Hall–Kier alpha value is -0.480. The summed E-state index contributed by atoms with van der Waals surface area (Å²) in [5.41, 5.74) is 6.09. The maximum atomic E-state index is 11.8. The number of rotatable bonds is 1. The van der Waals surface area contributed by atoms with Gasteiger partial charge in [0, 0.05) is 10.8 Å². The van der Waals surface area contributed by atoms with Crippen molar-refractivity contribution in [2.24, 2.45) is 5.73 Å². The smallest absolute Gasteiger partial charge is 0.280 e. The van der Waals surface area contributed by atoms with E-state index < -0.39 is 0 Å². The summed E-state index contributed by atoms with van der Waals surface area (Å²) in [4.78, 5) is 11.8. The van der Waals surface area contributed by atoms with Gasteiger partial charge < -0.3 is 11.1 Å². The molecule has 17 heavy (non-hydrogen) atoms. The van der Waals surface area contributed by atoms with Crippen LogP contribution in [0.2, 0.25) is 0 Å². The molecule has 1 rings (SSSR count). The Morgan fingerprint density at radius 3 is 2.76 bits per heavy atom. The van der Waals surface area contributed by atoms with Gasteiger partial charge in [-0.25, -0.2) is 0 Å². The summed E-state index contributed by atoms with van der Waals surface area (Å²) < 4.78 is -0.0560. The van der Waals surface area contributed by atoms with E-state index in [9.17, 15) is 4.79 Å². The quantitative estimate of drug-likeness (QED) is 0.709. The molecule has 0 heterocycles. The Balaban J connectivity index is 2.52. The highest BCUT2D eigenvalue weighted by Gasteiger charge is 2.22. The lowest BCUT2D eigenvalue weighted by Gasteiger charge is -2.25. The van der Waals surface area contributed by atoms with E-state index in [1.807, 2.05) is 26.8 Å². The lowest BCUT2D eigenvalue weighted by molar-refractivity contribution is 0.257. The van der Waals surface area contributed by atoms with E-state index in [0.29, 0.717) is 0 Å². The zero-order valence-corrected chi connectivity index (χ0v) is 11.8. The van der Waals surface area contributed by atoms with Crippen molar-refractivity contribution in [1.29, 1.82) is 0 Å². The molecule has 1 amide bonds. The topological polar surface area (TPSA) is 55.1 Å². The van der Waals surface area contributed by atoms with Gasteiger partial charge in [-0.05, 0) is 19.3 Å². The Labute approximate surface area is 109 Å². The zero-order chi connectivity index (χ0) is 12.9. The van der Waals surface area contributed by atoms with Gasteiger partial charge in [0.25, 0.3) is 5.24 Å². The van der Waals surface area contributed by atoms with Crippen LogP contribution >= 0.6 is 11.8 Å². The number of hydrogen-bond acceptors (Lipinski definition) is 3. The fraction of sp³-hybridized carbons (Fsp3) is 0.769. The van der Waals surface area contributed by atoms with Gasteiger partial charge in [-0.15, -0.1) is 0 Å². The van der Waals surface area contributed by atoms with Crippen LogP contribution in [-0.4, -0.2) is 22.1 Å². The third-order valence-electron chi connectivity index (χ3n) is 2.65. The number of nitrogens with two attached hydrogens (primary N) is 1. The normalized spacial score (nSPS) is 28.0. The predicted octanol–water partition coefficient (Wildman–Crippen LogP) is 3.05. The highest BCUT2D eigenvalue weighted by Crippen LogP contribution is 2.24. The number of amides is 1. The molecule has 3 N–H and O–H groups in total. The van der Waals surface area contributed by atoms with Gasteiger partial charge in [0.1, 0.15) is 0 Å². The lowest BCUT2D eigenvalue weighted by Crippen LogP contribution is -2.46. The van der Waals surface area contributed by atoms with E-state index in [4.69, 9.17) is 5.73 Å². The molecule has 0 bridgehead atoms. The molecule has 0 aromatic carbocycles. The van der Waals surface area contributed by atoms with E-state index in [1.165, 1.54) is 18.2 Å². The van der Waals surface area contributed by atoms with Crippen LogP contribution in [0.4, 0.5) is 4.79 Å². The molecule has 0 aliphatic heterocycles. The van der Waals surface area contributed by atoms with E-state index in [1.54, 1.807) is 0 Å². The number of allylic oxidation sites excluding steroid dienone is 1. The van der Waals surface area contributed by atoms with Crippen molar-refractivity contribution >= 4 is 17.0 Å². The highest BCUT2D eigenvalue weighted by molar-refractivity contribution is 8.14. The summed E-state index contributed by atoms with van der Waals surface area (Å²) in [5.74, 6) is 0. The molecule has 1 unspecified atom stereocenters. The molecule has 1 aliphatic rings. The summed E-state index contributed by atoms with van der Waals surface area (Å²) in [6, 6.07) is 0.0220. The van der Waals surface area contributed by atoms with Crippen molar-refractivity contribution in [2.75, 3.05) is 0 Å². The van der Waals surface area contributed by atoms with Crippen molar-refractivity contribution < 1.29 is 4.79 Å². The molecule has 0 radical (unpaired) electrons. The first-order chi connectivity index (χ1) is 7.88. The second-order valence-corrected chi connectivity index (χ2v) is 7.35. The molecule has 1 aliphatic carbocycles. The predicted molar refractivity (Wildman–Crippen MR) is 75.2 cm³/mol. The Morgan fingerprint density at radius 2 is 2.12 bits per heavy atom. The van der Waals surface area contributed by atoms with Gasteiger partial charge in [0.15, 0.2) is 0 Å². The molecule has 0 spiro atoms. The van der Waals surface area contributed by atoms with E-state index in [0.717, 1.165) is 19.3 Å². The van der Waals surface area contributed by atoms with Crippen LogP contribution < -0.4 is 11.1 Å². The number of thioether (sulfide) groups is 1. The third-order valence-corrected chi connectivity index (χ3v) is 3.56. The number of carbonyl (C=O) groups is 1. The van der Waals surface area contributed by atoms with Crippen LogP contribution in [0.5, 0.6) is 0 Å². The SMILES string of the molecule is CC(C)(C)SC(=O)NC1/C=C/CCCC[C@H]1N. The average Bonchev–Trinajstić information content (AvgIpc) is 2.15. The molecule has 0 aromatic heterocycles. The molecule has 3 nitrogen and oxygen atoms in total. The summed E-state index contributed by atoms with van der Waals surface area (Å²) in [6.45, 7) is 6.10. The van der Waals surface area contributed by atoms with Crippen molar-refractivity contribution in [3.8, 4) is 0 Å². The van der Waals surface area contributed by atoms with Gasteiger partial charge in [0.2, 0.25) is 0 Å². The minimum absolute atomic E-state index is 0.0161. The first-order valence-corrected chi connectivity index (χ1v) is 7.12. The fourth-order valence-corrected chi connectivity index (χ4v) is 2.56. The molecule has 98 valence electrons. The van der Waals surface area contributed by atoms with Crippen molar-refractivity contribution in [2.45, 2.75) is 63.3 Å². The van der Waals surface area contributed by atoms with E-state index in [2.05, 4.69) is 11.4 Å². The molecular formula is C13H24N2OS. The minimum Gasteiger partial charge on any atom is -0.339 e. The van der Waals surface area contributed by atoms with Crippen molar-refractivity contribution in [1.82, 2.24) is 5.32 Å².